The summed E-state index contributed by atoms with van der Waals surface area (Å²) < 4.78 is 30.6. The predicted molar refractivity (Wildman–Crippen MR) is 79.5 cm³/mol. The van der Waals surface area contributed by atoms with Crippen molar-refractivity contribution in [1.82, 2.24) is 10.0 Å². The number of nitrogens with two attached hydrogens (primary N) is 1. The zero-order valence-corrected chi connectivity index (χ0v) is 13.6. The molecule has 7 nitrogen and oxygen atoms in total. The van der Waals surface area contributed by atoms with Gasteiger partial charge in [-0.15, -0.1) is 0 Å². The van der Waals surface area contributed by atoms with Crippen LogP contribution in [0.5, 0.6) is 0 Å². The van der Waals surface area contributed by atoms with Crippen molar-refractivity contribution in [2.75, 3.05) is 13.6 Å². The molecule has 0 aromatic carbocycles. The Morgan fingerprint density at radius 2 is 1.95 bits per heavy atom. The molecular weight excluding hydrogens is 294 g/mol. The maximum Gasteiger partial charge on any atom is 0.273 e. The molecule has 0 aliphatic rings. The van der Waals surface area contributed by atoms with Gasteiger partial charge in [-0.05, 0) is 26.8 Å². The summed E-state index contributed by atoms with van der Waals surface area (Å²) in [7, 11) is -2.43. The molecule has 0 saturated carbocycles. The number of carbonyl (C=O) groups excluding carboxylic acids is 1. The zero-order valence-electron chi connectivity index (χ0n) is 12.8. The number of aryl methyl sites for hydroxylation is 1. The first-order valence-corrected chi connectivity index (χ1v) is 8.28. The standard InChI is InChI=1S/C13H23N3O4S/c1-5-13(14,6-2)8-16-12(17)10-7-11(20-9(10)3)21(18,19)15-4/h7,15H,5-6,8,14H2,1-4H3,(H,16,17). The van der Waals surface area contributed by atoms with E-state index in [0.717, 1.165) is 12.8 Å². The number of sulfonamides is 1. The van der Waals surface area contributed by atoms with Crippen molar-refractivity contribution in [2.45, 2.75) is 44.2 Å². The number of hydrogen-bond acceptors (Lipinski definition) is 5. The van der Waals surface area contributed by atoms with Gasteiger partial charge in [-0.25, -0.2) is 13.1 Å². The average Bonchev–Trinajstić information content (AvgIpc) is 2.87. The van der Waals surface area contributed by atoms with E-state index in [4.69, 9.17) is 10.2 Å². The third kappa shape index (κ3) is 4.05. The van der Waals surface area contributed by atoms with E-state index >= 15 is 0 Å². The fourth-order valence-corrected chi connectivity index (χ4v) is 2.47. The van der Waals surface area contributed by atoms with Crippen LogP contribution < -0.4 is 15.8 Å². The minimum atomic E-state index is -3.71. The van der Waals surface area contributed by atoms with Crippen LogP contribution in [0.4, 0.5) is 0 Å². The summed E-state index contributed by atoms with van der Waals surface area (Å²) in [6.45, 7) is 5.77. The Bertz CT molecular complexity index is 603. The average molecular weight is 317 g/mol. The molecule has 0 aliphatic heterocycles. The molecule has 0 bridgehead atoms. The summed E-state index contributed by atoms with van der Waals surface area (Å²) >= 11 is 0. The van der Waals surface area contributed by atoms with E-state index in [1.54, 1.807) is 6.92 Å². The molecule has 0 spiro atoms. The van der Waals surface area contributed by atoms with E-state index in [2.05, 4.69) is 10.0 Å². The monoisotopic (exact) mass is 317 g/mol. The first-order valence-electron chi connectivity index (χ1n) is 6.80. The van der Waals surface area contributed by atoms with E-state index in [1.807, 2.05) is 13.8 Å². The molecular formula is C13H23N3O4S. The second-order valence-corrected chi connectivity index (χ2v) is 6.81. The Labute approximate surface area is 125 Å². The van der Waals surface area contributed by atoms with Crippen LogP contribution in [0.3, 0.4) is 0 Å². The first-order chi connectivity index (χ1) is 9.69. The third-order valence-corrected chi connectivity index (χ3v) is 4.95. The molecule has 1 heterocycles. The largest absolute Gasteiger partial charge is 0.448 e. The molecule has 0 atom stereocenters. The molecule has 0 unspecified atom stereocenters. The van der Waals surface area contributed by atoms with E-state index in [-0.39, 0.29) is 16.4 Å². The van der Waals surface area contributed by atoms with Gasteiger partial charge in [0.15, 0.2) is 0 Å². The molecule has 120 valence electrons. The highest BCUT2D eigenvalue weighted by Gasteiger charge is 2.25. The van der Waals surface area contributed by atoms with E-state index in [0.29, 0.717) is 6.54 Å². The van der Waals surface area contributed by atoms with Crippen molar-refractivity contribution >= 4 is 15.9 Å². The third-order valence-electron chi connectivity index (χ3n) is 3.68. The van der Waals surface area contributed by atoms with Crippen LogP contribution >= 0.6 is 0 Å². The summed E-state index contributed by atoms with van der Waals surface area (Å²) in [5.74, 6) is -0.150. The maximum atomic E-state index is 12.1. The van der Waals surface area contributed by atoms with Gasteiger partial charge in [0.2, 0.25) is 5.09 Å². The number of rotatable bonds is 7. The van der Waals surface area contributed by atoms with Crippen molar-refractivity contribution in [3.8, 4) is 0 Å². The van der Waals surface area contributed by atoms with Gasteiger partial charge in [0.05, 0.1) is 5.56 Å². The fraction of sp³-hybridized carbons (Fsp3) is 0.615. The van der Waals surface area contributed by atoms with Gasteiger partial charge in [-0.1, -0.05) is 13.8 Å². The van der Waals surface area contributed by atoms with E-state index in [1.165, 1.54) is 13.1 Å². The maximum absolute atomic E-state index is 12.1. The zero-order chi connectivity index (χ0) is 16.3. The van der Waals surface area contributed by atoms with Gasteiger partial charge in [0, 0.05) is 18.2 Å². The summed E-state index contributed by atoms with van der Waals surface area (Å²) in [6, 6.07) is 1.21. The molecule has 1 aromatic rings. The molecule has 8 heteroatoms. The molecule has 1 amide bonds. The van der Waals surface area contributed by atoms with Crippen LogP contribution in [0.1, 0.15) is 42.8 Å². The fourth-order valence-electron chi connectivity index (χ4n) is 1.76. The highest BCUT2D eigenvalue weighted by atomic mass is 32.2. The molecule has 0 aliphatic carbocycles. The minimum Gasteiger partial charge on any atom is -0.448 e. The normalized spacial score (nSPS) is 12.4. The van der Waals surface area contributed by atoms with Gasteiger partial charge < -0.3 is 15.5 Å². The summed E-state index contributed by atoms with van der Waals surface area (Å²) in [5, 5.41) is 2.45. The van der Waals surface area contributed by atoms with Crippen molar-refractivity contribution in [1.29, 1.82) is 0 Å². The van der Waals surface area contributed by atoms with Crippen LogP contribution in [0.25, 0.3) is 0 Å². The van der Waals surface area contributed by atoms with E-state index < -0.39 is 21.5 Å². The Morgan fingerprint density at radius 1 is 1.38 bits per heavy atom. The van der Waals surface area contributed by atoms with Crippen molar-refractivity contribution in [3.63, 3.8) is 0 Å². The van der Waals surface area contributed by atoms with Gasteiger partial charge in [-0.2, -0.15) is 0 Å². The van der Waals surface area contributed by atoms with Gasteiger partial charge in [0.1, 0.15) is 5.76 Å². The topological polar surface area (TPSA) is 114 Å². The molecule has 0 radical (unpaired) electrons. The van der Waals surface area contributed by atoms with Crippen LogP contribution in [-0.2, 0) is 10.0 Å². The highest BCUT2D eigenvalue weighted by molar-refractivity contribution is 7.89. The first kappa shape index (κ1) is 17.7. The van der Waals surface area contributed by atoms with Crippen molar-refractivity contribution in [2.24, 2.45) is 5.73 Å². The van der Waals surface area contributed by atoms with Gasteiger partial charge >= 0.3 is 0 Å². The summed E-state index contributed by atoms with van der Waals surface area (Å²) in [5.41, 5.74) is 5.84. The lowest BCUT2D eigenvalue weighted by Crippen LogP contribution is -2.49. The predicted octanol–water partition coefficient (Wildman–Crippen LogP) is 0.743. The van der Waals surface area contributed by atoms with Gasteiger partial charge in [-0.3, -0.25) is 4.79 Å². The Morgan fingerprint density at radius 3 is 2.43 bits per heavy atom. The molecule has 1 rings (SSSR count). The lowest BCUT2D eigenvalue weighted by atomic mass is 9.94. The van der Waals surface area contributed by atoms with Crippen LogP contribution in [-0.4, -0.2) is 33.5 Å². The molecule has 4 N–H and O–H groups in total. The second-order valence-electron chi connectivity index (χ2n) is 5.00. The van der Waals surface area contributed by atoms with Crippen molar-refractivity contribution in [3.05, 3.63) is 17.4 Å². The lowest BCUT2D eigenvalue weighted by Gasteiger charge is -2.26. The number of amides is 1. The molecule has 0 fully saturated rings. The number of carbonyl (C=O) groups is 1. The van der Waals surface area contributed by atoms with Crippen LogP contribution in [0.15, 0.2) is 15.6 Å². The Balaban J connectivity index is 2.90. The van der Waals surface area contributed by atoms with Crippen molar-refractivity contribution < 1.29 is 17.6 Å². The van der Waals surface area contributed by atoms with Gasteiger partial charge in [0.25, 0.3) is 15.9 Å². The summed E-state index contributed by atoms with van der Waals surface area (Å²) in [6.07, 6.45) is 1.46. The van der Waals surface area contributed by atoms with Crippen LogP contribution in [0.2, 0.25) is 0 Å². The Kier molecular flexibility index (Phi) is 5.54. The highest BCUT2D eigenvalue weighted by Crippen LogP contribution is 2.19. The SMILES string of the molecule is CCC(N)(CC)CNC(=O)c1cc(S(=O)(=O)NC)oc1C. The molecule has 21 heavy (non-hydrogen) atoms. The minimum absolute atomic E-state index is 0.193. The number of hydrogen-bond donors (Lipinski definition) is 3. The number of furan rings is 1. The molecule has 1 aromatic heterocycles. The molecule has 0 saturated heterocycles. The van der Waals surface area contributed by atoms with Crippen LogP contribution in [0, 0.1) is 6.92 Å². The van der Waals surface area contributed by atoms with E-state index in [9.17, 15) is 13.2 Å². The number of nitrogens with one attached hydrogen (secondary N) is 2. The second kappa shape index (κ2) is 6.59. The quantitative estimate of drug-likeness (QED) is 0.686. The lowest BCUT2D eigenvalue weighted by molar-refractivity contribution is 0.0940. The summed E-state index contributed by atoms with van der Waals surface area (Å²) in [4.78, 5) is 12.1. The smallest absolute Gasteiger partial charge is 0.273 e. The Hall–Kier alpha value is -1.38.